The number of benzene rings is 15. The summed E-state index contributed by atoms with van der Waals surface area (Å²) < 4.78 is 0. The normalized spacial score (nSPS) is 11.7. The summed E-state index contributed by atoms with van der Waals surface area (Å²) in [5, 5.41) is 11.7. The second-order valence-electron chi connectivity index (χ2n) is 23.8. The fraction of sp³-hybridized carbons (Fsp3) is 0. The molecular formula is C88H54N4. The predicted molar refractivity (Wildman–Crippen MR) is 384 cm³/mol. The van der Waals surface area contributed by atoms with Crippen molar-refractivity contribution in [1.82, 2.24) is 19.9 Å². The standard InChI is InChI=1S/C88H54N4/c1-5-24-55(25-6-1)56-44-46-58(47-45-56)82-65-34-15-19-38-70(65)85(71-39-20-16-35-66(71)82)81-54-79(90-88(92-81)60-30-11-4-12-31-60)64-33-14-13-32-62(64)61-48-49-63-75-50-51-76(69-42-23-43-74(84(69)75)77(63)52-61)83-67-36-17-21-40-72(67)86(73-41-22-18-37-68(73)83)80-53-78(57-26-7-2-8-27-57)89-87(91-80)59-28-9-3-10-29-59/h1-54H. The van der Waals surface area contributed by atoms with E-state index >= 15 is 0 Å². The minimum absolute atomic E-state index is 0.673. The molecule has 0 radical (unpaired) electrons. The van der Waals surface area contributed by atoms with Gasteiger partial charge in [-0.15, -0.1) is 0 Å². The van der Waals surface area contributed by atoms with Crippen molar-refractivity contribution in [3.8, 4) is 135 Å². The second-order valence-corrected chi connectivity index (χ2v) is 23.8. The Balaban J connectivity index is 0.773. The van der Waals surface area contributed by atoms with Crippen molar-refractivity contribution in [3.63, 3.8) is 0 Å². The first-order valence-corrected chi connectivity index (χ1v) is 31.4. The van der Waals surface area contributed by atoms with Crippen LogP contribution in [-0.2, 0) is 0 Å². The summed E-state index contributed by atoms with van der Waals surface area (Å²) in [6.45, 7) is 0. The molecule has 1 aliphatic rings. The number of nitrogens with zero attached hydrogens (tertiary/aromatic N) is 4. The van der Waals surface area contributed by atoms with Crippen LogP contribution in [0.3, 0.4) is 0 Å². The van der Waals surface area contributed by atoms with Crippen LogP contribution in [0, 0.1) is 0 Å². The molecule has 0 atom stereocenters. The van der Waals surface area contributed by atoms with Gasteiger partial charge in [0.25, 0.3) is 0 Å². The lowest BCUT2D eigenvalue weighted by Crippen LogP contribution is -1.99. The molecule has 1 aliphatic carbocycles. The van der Waals surface area contributed by atoms with Crippen molar-refractivity contribution >= 4 is 53.9 Å². The summed E-state index contributed by atoms with van der Waals surface area (Å²) >= 11 is 0. The average Bonchev–Trinajstić information content (AvgIpc) is 1.29. The van der Waals surface area contributed by atoms with E-state index in [1.165, 1.54) is 88.0 Å². The Morgan fingerprint density at radius 3 is 1.04 bits per heavy atom. The van der Waals surface area contributed by atoms with Crippen molar-refractivity contribution in [2.45, 2.75) is 0 Å². The van der Waals surface area contributed by atoms with E-state index in [-0.39, 0.29) is 0 Å². The van der Waals surface area contributed by atoms with Gasteiger partial charge >= 0.3 is 0 Å². The lowest BCUT2D eigenvalue weighted by Gasteiger charge is -2.19. The summed E-state index contributed by atoms with van der Waals surface area (Å²) in [6, 6.07) is 118. The molecule has 0 fully saturated rings. The van der Waals surface area contributed by atoms with Gasteiger partial charge in [0, 0.05) is 33.4 Å². The zero-order chi connectivity index (χ0) is 60.6. The monoisotopic (exact) mass is 1170 g/mol. The number of aromatic nitrogens is 4. The molecule has 17 aromatic rings. The molecule has 426 valence electrons. The van der Waals surface area contributed by atoms with Crippen molar-refractivity contribution in [3.05, 3.63) is 328 Å². The van der Waals surface area contributed by atoms with Gasteiger partial charge < -0.3 is 0 Å². The molecule has 92 heavy (non-hydrogen) atoms. The van der Waals surface area contributed by atoms with E-state index in [9.17, 15) is 0 Å². The number of hydrogen-bond acceptors (Lipinski definition) is 4. The lowest BCUT2D eigenvalue weighted by molar-refractivity contribution is 1.19. The largest absolute Gasteiger partial charge is 0.228 e. The van der Waals surface area contributed by atoms with Crippen molar-refractivity contribution < 1.29 is 0 Å². The third-order valence-electron chi connectivity index (χ3n) is 18.7. The Labute approximate surface area is 532 Å². The van der Waals surface area contributed by atoms with Crippen LogP contribution in [0.1, 0.15) is 0 Å². The highest BCUT2D eigenvalue weighted by Crippen LogP contribution is 2.54. The molecule has 0 amide bonds. The molecular weight excluding hydrogens is 1110 g/mol. The van der Waals surface area contributed by atoms with Gasteiger partial charge in [-0.2, -0.15) is 0 Å². The van der Waals surface area contributed by atoms with E-state index in [1.54, 1.807) is 0 Å². The summed E-state index contributed by atoms with van der Waals surface area (Å²) in [4.78, 5) is 21.6. The molecule has 0 spiro atoms. The highest BCUT2D eigenvalue weighted by molar-refractivity contribution is 6.27. The van der Waals surface area contributed by atoms with Gasteiger partial charge in [0.2, 0.25) is 0 Å². The molecule has 0 unspecified atom stereocenters. The third-order valence-corrected chi connectivity index (χ3v) is 18.7. The molecule has 18 rings (SSSR count). The number of rotatable bonds is 10. The molecule has 2 heterocycles. The van der Waals surface area contributed by atoms with Gasteiger partial charge in [0.05, 0.1) is 22.8 Å². The Bertz CT molecular complexity index is 5610. The first-order valence-electron chi connectivity index (χ1n) is 31.4. The number of fused-ring (bicyclic) bond motifs is 7. The highest BCUT2D eigenvalue weighted by Gasteiger charge is 2.28. The van der Waals surface area contributed by atoms with Crippen molar-refractivity contribution in [2.75, 3.05) is 0 Å². The lowest BCUT2D eigenvalue weighted by atomic mass is 9.85. The molecule has 4 nitrogen and oxygen atoms in total. The highest BCUT2D eigenvalue weighted by atomic mass is 14.9. The minimum atomic E-state index is 0.673. The molecule has 0 N–H and O–H groups in total. The summed E-state index contributed by atoms with van der Waals surface area (Å²) in [5.74, 6) is 1.37. The van der Waals surface area contributed by atoms with E-state index in [0.29, 0.717) is 11.6 Å². The Kier molecular flexibility index (Phi) is 12.5. The van der Waals surface area contributed by atoms with E-state index < -0.39 is 0 Å². The molecule has 4 heteroatoms. The quantitative estimate of drug-likeness (QED) is 0.128. The summed E-state index contributed by atoms with van der Waals surface area (Å²) in [6.07, 6.45) is 0. The van der Waals surface area contributed by atoms with Crippen LogP contribution in [0.25, 0.3) is 188 Å². The Hall–Kier alpha value is -12.2. The van der Waals surface area contributed by atoms with Crippen LogP contribution in [0.4, 0.5) is 0 Å². The Morgan fingerprint density at radius 2 is 0.500 bits per heavy atom. The average molecular weight is 1170 g/mol. The molecule has 2 aromatic heterocycles. The first kappa shape index (κ1) is 52.8. The first-order chi connectivity index (χ1) is 45.6. The third kappa shape index (κ3) is 8.76. The van der Waals surface area contributed by atoms with E-state index in [1.807, 2.05) is 12.1 Å². The van der Waals surface area contributed by atoms with E-state index in [4.69, 9.17) is 19.9 Å². The summed E-state index contributed by atoms with van der Waals surface area (Å²) in [5.41, 5.74) is 24.0. The molecule has 0 saturated carbocycles. The SMILES string of the molecule is c1ccc(-c2ccc(-c3c4ccccc4c(-c4cc(-c5ccccc5-c5ccc6c(c5)-c5cccc7c(-c8c9ccccc9c(-c9cc(-c%10ccccc%10)nc(-c%10ccccc%10)n9)c9ccccc89)ccc-6c57)nc(-c5ccccc5)n4)c4ccccc34)cc2)cc1. The molecule has 0 aliphatic heterocycles. The fourth-order valence-electron chi connectivity index (χ4n) is 14.5. The van der Waals surface area contributed by atoms with Gasteiger partial charge in [0.15, 0.2) is 11.6 Å². The maximum atomic E-state index is 5.53. The van der Waals surface area contributed by atoms with E-state index in [2.05, 4.69) is 315 Å². The number of hydrogen-bond donors (Lipinski definition) is 0. The van der Waals surface area contributed by atoms with E-state index in [0.717, 1.165) is 88.8 Å². The maximum Gasteiger partial charge on any atom is 0.160 e. The van der Waals surface area contributed by atoms with Crippen molar-refractivity contribution in [2.24, 2.45) is 0 Å². The summed E-state index contributed by atoms with van der Waals surface area (Å²) in [7, 11) is 0. The van der Waals surface area contributed by atoms with Gasteiger partial charge in [-0.05, 0) is 139 Å². The van der Waals surface area contributed by atoms with Crippen LogP contribution >= 0.6 is 0 Å². The maximum absolute atomic E-state index is 5.53. The van der Waals surface area contributed by atoms with Crippen LogP contribution < -0.4 is 0 Å². The van der Waals surface area contributed by atoms with Crippen molar-refractivity contribution in [1.29, 1.82) is 0 Å². The van der Waals surface area contributed by atoms with Gasteiger partial charge in [-0.25, -0.2) is 19.9 Å². The molecule has 0 saturated heterocycles. The van der Waals surface area contributed by atoms with Crippen LogP contribution in [-0.4, -0.2) is 19.9 Å². The fourth-order valence-corrected chi connectivity index (χ4v) is 14.5. The zero-order valence-electron chi connectivity index (χ0n) is 50.0. The van der Waals surface area contributed by atoms with Crippen LogP contribution in [0.5, 0.6) is 0 Å². The topological polar surface area (TPSA) is 51.6 Å². The molecule has 0 bridgehead atoms. The van der Waals surface area contributed by atoms with Gasteiger partial charge in [0.1, 0.15) is 0 Å². The van der Waals surface area contributed by atoms with Crippen LogP contribution in [0.15, 0.2) is 328 Å². The van der Waals surface area contributed by atoms with Crippen LogP contribution in [0.2, 0.25) is 0 Å². The zero-order valence-corrected chi connectivity index (χ0v) is 50.0. The smallest absolute Gasteiger partial charge is 0.160 e. The van der Waals surface area contributed by atoms with Gasteiger partial charge in [-0.1, -0.05) is 309 Å². The minimum Gasteiger partial charge on any atom is -0.228 e. The Morgan fingerprint density at radius 1 is 0.152 bits per heavy atom. The molecule has 15 aromatic carbocycles. The predicted octanol–water partition coefficient (Wildman–Crippen LogP) is 23.4. The second kappa shape index (κ2) is 21.8. The van der Waals surface area contributed by atoms with Gasteiger partial charge in [-0.3, -0.25) is 0 Å².